The predicted octanol–water partition coefficient (Wildman–Crippen LogP) is 2.78. The van der Waals surface area contributed by atoms with Crippen molar-refractivity contribution in [2.45, 2.75) is 6.92 Å². The number of rotatable bonds is 1. The number of aromatic nitrogens is 1. The molecule has 1 aromatic heterocycles. The van der Waals surface area contributed by atoms with Crippen molar-refractivity contribution in [3.63, 3.8) is 0 Å². The second kappa shape index (κ2) is 3.69. The summed E-state index contributed by atoms with van der Waals surface area (Å²) in [5.41, 5.74) is 8.29. The Morgan fingerprint density at radius 3 is 2.73 bits per heavy atom. The minimum Gasteiger partial charge on any atom is -0.383 e. The molecule has 0 aliphatic heterocycles. The maximum absolute atomic E-state index is 13.1. The summed E-state index contributed by atoms with van der Waals surface area (Å²) in [4.78, 5) is 3.98. The zero-order valence-corrected chi connectivity index (χ0v) is 8.37. The van der Waals surface area contributed by atoms with E-state index in [2.05, 4.69) is 4.98 Å². The third-order valence-corrected chi connectivity index (χ3v) is 2.33. The molecule has 0 radical (unpaired) electrons. The number of nitrogens with two attached hydrogens (primary N) is 1. The zero-order chi connectivity index (χ0) is 10.8. The Kier molecular flexibility index (Phi) is 2.37. The molecule has 0 saturated carbocycles. The van der Waals surface area contributed by atoms with Crippen LogP contribution in [0.3, 0.4) is 0 Å². The highest BCUT2D eigenvalue weighted by atomic mass is 19.1. The van der Waals surface area contributed by atoms with Crippen LogP contribution in [0.2, 0.25) is 0 Å². The number of nitrogens with zero attached hydrogens (tertiary/aromatic N) is 1. The molecular weight excluding hydrogens is 191 g/mol. The number of hydrogen-bond donors (Lipinski definition) is 1. The van der Waals surface area contributed by atoms with Gasteiger partial charge in [0.05, 0.1) is 0 Å². The van der Waals surface area contributed by atoms with Gasteiger partial charge in [-0.3, -0.25) is 0 Å². The van der Waals surface area contributed by atoms with Crippen molar-refractivity contribution in [2.24, 2.45) is 0 Å². The van der Waals surface area contributed by atoms with Crippen LogP contribution >= 0.6 is 0 Å². The fourth-order valence-corrected chi connectivity index (χ4v) is 1.53. The highest BCUT2D eigenvalue weighted by molar-refractivity contribution is 5.75. The number of pyridine rings is 1. The molecular formula is C12H11FN2. The third kappa shape index (κ3) is 1.81. The minimum atomic E-state index is -0.265. The van der Waals surface area contributed by atoms with E-state index in [9.17, 15) is 4.39 Å². The van der Waals surface area contributed by atoms with Crippen molar-refractivity contribution in [3.8, 4) is 11.1 Å². The van der Waals surface area contributed by atoms with Gasteiger partial charge in [0.15, 0.2) is 0 Å². The van der Waals surface area contributed by atoms with Gasteiger partial charge in [-0.1, -0.05) is 6.07 Å². The first-order chi connectivity index (χ1) is 7.18. The first-order valence-corrected chi connectivity index (χ1v) is 4.65. The van der Waals surface area contributed by atoms with Gasteiger partial charge in [-0.2, -0.15) is 0 Å². The van der Waals surface area contributed by atoms with Crippen molar-refractivity contribution in [3.05, 3.63) is 47.9 Å². The van der Waals surface area contributed by atoms with E-state index in [0.29, 0.717) is 5.82 Å². The average Bonchev–Trinajstić information content (AvgIpc) is 2.23. The molecule has 0 saturated heterocycles. The fraction of sp³-hybridized carbons (Fsp3) is 0.0833. The molecule has 3 heteroatoms. The minimum absolute atomic E-state index is 0.265. The molecule has 2 N–H and O–H groups in total. The van der Waals surface area contributed by atoms with Crippen LogP contribution in [-0.2, 0) is 0 Å². The lowest BCUT2D eigenvalue weighted by molar-refractivity contribution is 0.628. The summed E-state index contributed by atoms with van der Waals surface area (Å²) in [5.74, 6) is 0.157. The molecule has 0 spiro atoms. The van der Waals surface area contributed by atoms with E-state index >= 15 is 0 Å². The summed E-state index contributed by atoms with van der Waals surface area (Å²) < 4.78 is 13.1. The summed E-state index contributed by atoms with van der Waals surface area (Å²) >= 11 is 0. The second-order valence-corrected chi connectivity index (χ2v) is 3.40. The van der Waals surface area contributed by atoms with E-state index in [-0.39, 0.29) is 5.82 Å². The Morgan fingerprint density at radius 2 is 2.00 bits per heavy atom. The Labute approximate surface area is 87.6 Å². The van der Waals surface area contributed by atoms with Crippen LogP contribution in [0.15, 0.2) is 36.5 Å². The van der Waals surface area contributed by atoms with Crippen molar-refractivity contribution in [2.75, 3.05) is 5.73 Å². The van der Waals surface area contributed by atoms with Gasteiger partial charge >= 0.3 is 0 Å². The summed E-state index contributed by atoms with van der Waals surface area (Å²) in [6.07, 6.45) is 1.62. The maximum atomic E-state index is 13.1. The number of aryl methyl sites for hydroxylation is 1. The van der Waals surface area contributed by atoms with Gasteiger partial charge < -0.3 is 5.73 Å². The smallest absolute Gasteiger partial charge is 0.131 e. The normalized spacial score (nSPS) is 10.3. The number of halogens is 1. The van der Waals surface area contributed by atoms with Gasteiger partial charge in [-0.05, 0) is 42.3 Å². The number of nitrogen functional groups attached to an aromatic ring is 1. The second-order valence-electron chi connectivity index (χ2n) is 3.40. The van der Waals surface area contributed by atoms with Crippen LogP contribution in [0.25, 0.3) is 11.1 Å². The molecule has 1 aromatic carbocycles. The van der Waals surface area contributed by atoms with Crippen LogP contribution in [-0.4, -0.2) is 4.98 Å². The standard InChI is InChI=1S/C12H11FN2/c1-8-4-5-9(13)7-11(8)10-3-2-6-15-12(10)14/h2-7H,1H3,(H2,14,15). The Balaban J connectivity index is 2.64. The monoisotopic (exact) mass is 202 g/mol. The summed E-state index contributed by atoms with van der Waals surface area (Å²) in [7, 11) is 0. The summed E-state index contributed by atoms with van der Waals surface area (Å²) in [6, 6.07) is 8.27. The molecule has 2 nitrogen and oxygen atoms in total. The molecule has 0 bridgehead atoms. The number of benzene rings is 1. The van der Waals surface area contributed by atoms with E-state index in [0.717, 1.165) is 16.7 Å². The van der Waals surface area contributed by atoms with Crippen molar-refractivity contribution >= 4 is 5.82 Å². The fourth-order valence-electron chi connectivity index (χ4n) is 1.53. The van der Waals surface area contributed by atoms with Gasteiger partial charge in [0, 0.05) is 11.8 Å². The molecule has 0 aliphatic rings. The predicted molar refractivity (Wildman–Crippen MR) is 58.8 cm³/mol. The Morgan fingerprint density at radius 1 is 1.20 bits per heavy atom. The lowest BCUT2D eigenvalue weighted by atomic mass is 10.0. The summed E-state index contributed by atoms with van der Waals surface area (Å²) in [5, 5.41) is 0. The molecule has 0 atom stereocenters. The van der Waals surface area contributed by atoms with E-state index in [1.54, 1.807) is 18.3 Å². The van der Waals surface area contributed by atoms with Crippen LogP contribution in [0.4, 0.5) is 10.2 Å². The van der Waals surface area contributed by atoms with Crippen molar-refractivity contribution in [1.82, 2.24) is 4.98 Å². The highest BCUT2D eigenvalue weighted by Crippen LogP contribution is 2.27. The molecule has 0 amide bonds. The first kappa shape index (κ1) is 9.65. The Hall–Kier alpha value is -1.90. The highest BCUT2D eigenvalue weighted by Gasteiger charge is 2.06. The average molecular weight is 202 g/mol. The molecule has 0 fully saturated rings. The molecule has 2 rings (SSSR count). The molecule has 2 aromatic rings. The van der Waals surface area contributed by atoms with Gasteiger partial charge in [0.25, 0.3) is 0 Å². The third-order valence-electron chi connectivity index (χ3n) is 2.33. The van der Waals surface area contributed by atoms with Gasteiger partial charge in [-0.25, -0.2) is 9.37 Å². The van der Waals surface area contributed by atoms with E-state index in [1.165, 1.54) is 12.1 Å². The van der Waals surface area contributed by atoms with Crippen molar-refractivity contribution in [1.29, 1.82) is 0 Å². The van der Waals surface area contributed by atoms with Crippen LogP contribution in [0.5, 0.6) is 0 Å². The van der Waals surface area contributed by atoms with Crippen LogP contribution < -0.4 is 5.73 Å². The largest absolute Gasteiger partial charge is 0.383 e. The van der Waals surface area contributed by atoms with E-state index < -0.39 is 0 Å². The van der Waals surface area contributed by atoms with Crippen LogP contribution in [0.1, 0.15) is 5.56 Å². The zero-order valence-electron chi connectivity index (χ0n) is 8.37. The number of anilines is 1. The molecule has 0 unspecified atom stereocenters. The SMILES string of the molecule is Cc1ccc(F)cc1-c1cccnc1N. The van der Waals surface area contributed by atoms with Crippen LogP contribution in [0, 0.1) is 12.7 Å². The Bertz CT molecular complexity index is 495. The quantitative estimate of drug-likeness (QED) is 0.772. The van der Waals surface area contributed by atoms with Gasteiger partial charge in [-0.15, -0.1) is 0 Å². The van der Waals surface area contributed by atoms with E-state index in [1.807, 2.05) is 13.0 Å². The molecule has 15 heavy (non-hydrogen) atoms. The first-order valence-electron chi connectivity index (χ1n) is 4.65. The molecule has 76 valence electrons. The van der Waals surface area contributed by atoms with E-state index in [4.69, 9.17) is 5.73 Å². The molecule has 0 aliphatic carbocycles. The topological polar surface area (TPSA) is 38.9 Å². The number of hydrogen-bond acceptors (Lipinski definition) is 2. The lowest BCUT2D eigenvalue weighted by Gasteiger charge is -2.07. The van der Waals surface area contributed by atoms with Crippen molar-refractivity contribution < 1.29 is 4.39 Å². The van der Waals surface area contributed by atoms with Gasteiger partial charge in [0.1, 0.15) is 11.6 Å². The van der Waals surface area contributed by atoms with Gasteiger partial charge in [0.2, 0.25) is 0 Å². The maximum Gasteiger partial charge on any atom is 0.131 e. The lowest BCUT2D eigenvalue weighted by Crippen LogP contribution is -1.94. The summed E-state index contributed by atoms with van der Waals surface area (Å²) in [6.45, 7) is 1.92. The molecule has 1 heterocycles.